The SMILES string of the molecule is CCOc1ccccc1NC(=O)[C@H](Cc1ccccc1)NS(=O)(=O)c1ccc(C)cc1. The highest BCUT2D eigenvalue weighted by Gasteiger charge is 2.26. The number of nitrogens with one attached hydrogen (secondary N) is 2. The van der Waals surface area contributed by atoms with Crippen LogP contribution in [0, 0.1) is 6.92 Å². The first-order valence-corrected chi connectivity index (χ1v) is 11.5. The lowest BCUT2D eigenvalue weighted by Gasteiger charge is -2.20. The lowest BCUT2D eigenvalue weighted by atomic mass is 10.1. The monoisotopic (exact) mass is 438 g/mol. The molecule has 2 N–H and O–H groups in total. The minimum absolute atomic E-state index is 0.110. The predicted molar refractivity (Wildman–Crippen MR) is 122 cm³/mol. The summed E-state index contributed by atoms with van der Waals surface area (Å²) in [6, 6.07) is 21.8. The number of para-hydroxylation sites is 2. The van der Waals surface area contributed by atoms with E-state index in [9.17, 15) is 13.2 Å². The largest absolute Gasteiger partial charge is 0.492 e. The Bertz CT molecular complexity index is 1110. The molecule has 0 unspecified atom stereocenters. The van der Waals surface area contributed by atoms with Crippen molar-refractivity contribution in [3.8, 4) is 5.75 Å². The highest BCUT2D eigenvalue weighted by Crippen LogP contribution is 2.24. The van der Waals surface area contributed by atoms with Gasteiger partial charge in [0.05, 0.1) is 17.2 Å². The second-order valence-corrected chi connectivity index (χ2v) is 8.81. The van der Waals surface area contributed by atoms with E-state index < -0.39 is 22.0 Å². The maximum absolute atomic E-state index is 13.1. The smallest absolute Gasteiger partial charge is 0.243 e. The number of hydrogen-bond donors (Lipinski definition) is 2. The molecular formula is C24H26N2O4S. The van der Waals surface area contributed by atoms with Gasteiger partial charge in [0.1, 0.15) is 11.8 Å². The van der Waals surface area contributed by atoms with Gasteiger partial charge >= 0.3 is 0 Å². The van der Waals surface area contributed by atoms with Crippen LogP contribution in [0.1, 0.15) is 18.1 Å². The molecule has 3 rings (SSSR count). The quantitative estimate of drug-likeness (QED) is 0.530. The molecule has 0 spiro atoms. The number of ether oxygens (including phenoxy) is 1. The molecule has 31 heavy (non-hydrogen) atoms. The lowest BCUT2D eigenvalue weighted by molar-refractivity contribution is -0.117. The summed E-state index contributed by atoms with van der Waals surface area (Å²) in [5.74, 6) is 0.0601. The van der Waals surface area contributed by atoms with Gasteiger partial charge in [-0.15, -0.1) is 0 Å². The van der Waals surface area contributed by atoms with E-state index in [1.54, 1.807) is 30.3 Å². The Kier molecular flexibility index (Phi) is 7.44. The zero-order valence-corrected chi connectivity index (χ0v) is 18.4. The van der Waals surface area contributed by atoms with E-state index >= 15 is 0 Å². The Morgan fingerprint density at radius 1 is 0.935 bits per heavy atom. The van der Waals surface area contributed by atoms with E-state index in [-0.39, 0.29) is 11.3 Å². The van der Waals surface area contributed by atoms with Crippen molar-refractivity contribution in [2.75, 3.05) is 11.9 Å². The topological polar surface area (TPSA) is 84.5 Å². The number of anilines is 1. The Balaban J connectivity index is 1.87. The summed E-state index contributed by atoms with van der Waals surface area (Å²) in [7, 11) is -3.90. The Morgan fingerprint density at radius 2 is 1.58 bits per heavy atom. The number of benzene rings is 3. The summed E-state index contributed by atoms with van der Waals surface area (Å²) >= 11 is 0. The number of carbonyl (C=O) groups excluding carboxylic acids is 1. The van der Waals surface area contributed by atoms with Gasteiger partial charge in [0.15, 0.2) is 0 Å². The van der Waals surface area contributed by atoms with Crippen LogP contribution in [0.5, 0.6) is 5.75 Å². The van der Waals surface area contributed by atoms with Crippen LogP contribution in [0.25, 0.3) is 0 Å². The summed E-state index contributed by atoms with van der Waals surface area (Å²) in [6.07, 6.45) is 0.203. The van der Waals surface area contributed by atoms with E-state index in [0.29, 0.717) is 18.0 Å². The number of aryl methyl sites for hydroxylation is 1. The van der Waals surface area contributed by atoms with Crippen molar-refractivity contribution in [1.82, 2.24) is 4.72 Å². The molecule has 0 radical (unpaired) electrons. The Hall–Kier alpha value is -3.16. The molecule has 0 heterocycles. The van der Waals surface area contributed by atoms with Crippen LogP contribution in [0.15, 0.2) is 83.8 Å². The predicted octanol–water partition coefficient (Wildman–Crippen LogP) is 3.92. The van der Waals surface area contributed by atoms with Crippen molar-refractivity contribution < 1.29 is 17.9 Å². The van der Waals surface area contributed by atoms with Crippen molar-refractivity contribution in [3.05, 3.63) is 90.0 Å². The summed E-state index contributed by atoms with van der Waals surface area (Å²) in [5, 5.41) is 2.81. The molecule has 0 fully saturated rings. The van der Waals surface area contributed by atoms with Gasteiger partial charge in [-0.1, -0.05) is 60.2 Å². The van der Waals surface area contributed by atoms with Gasteiger partial charge in [-0.25, -0.2) is 8.42 Å². The maximum Gasteiger partial charge on any atom is 0.243 e. The molecule has 0 aliphatic heterocycles. The molecule has 1 amide bonds. The van der Waals surface area contributed by atoms with Crippen molar-refractivity contribution >= 4 is 21.6 Å². The van der Waals surface area contributed by atoms with Gasteiger partial charge in [0.2, 0.25) is 15.9 Å². The molecule has 1 atom stereocenters. The molecule has 0 bridgehead atoms. The number of hydrogen-bond acceptors (Lipinski definition) is 4. The summed E-state index contributed by atoms with van der Waals surface area (Å²) in [5.41, 5.74) is 2.28. The zero-order valence-electron chi connectivity index (χ0n) is 17.5. The van der Waals surface area contributed by atoms with Crippen LogP contribution in [-0.2, 0) is 21.2 Å². The standard InChI is InChI=1S/C24H26N2O4S/c1-3-30-23-12-8-7-11-21(23)25-24(27)22(17-19-9-5-4-6-10-19)26-31(28,29)20-15-13-18(2)14-16-20/h4-16,22,26H,3,17H2,1-2H3,(H,25,27)/t22-/m0/s1. The van der Waals surface area contributed by atoms with Gasteiger partial charge in [0, 0.05) is 0 Å². The van der Waals surface area contributed by atoms with Gasteiger partial charge in [-0.2, -0.15) is 4.72 Å². The van der Waals surface area contributed by atoms with Crippen LogP contribution < -0.4 is 14.8 Å². The highest BCUT2D eigenvalue weighted by molar-refractivity contribution is 7.89. The highest BCUT2D eigenvalue weighted by atomic mass is 32.2. The van der Waals surface area contributed by atoms with E-state index in [1.165, 1.54) is 12.1 Å². The number of sulfonamides is 1. The molecular weight excluding hydrogens is 412 g/mol. The molecule has 7 heteroatoms. The fourth-order valence-corrected chi connectivity index (χ4v) is 4.28. The zero-order chi connectivity index (χ0) is 22.3. The average Bonchev–Trinajstić information content (AvgIpc) is 2.76. The van der Waals surface area contributed by atoms with Crippen molar-refractivity contribution in [2.24, 2.45) is 0 Å². The first kappa shape index (κ1) is 22.5. The number of amides is 1. The fourth-order valence-electron chi connectivity index (χ4n) is 3.08. The molecule has 0 aromatic heterocycles. The van der Waals surface area contributed by atoms with E-state index in [0.717, 1.165) is 11.1 Å². The van der Waals surface area contributed by atoms with Crippen LogP contribution in [0.2, 0.25) is 0 Å². The number of rotatable bonds is 9. The third kappa shape index (κ3) is 6.16. The third-order valence-corrected chi connectivity index (χ3v) is 6.16. The molecule has 0 aliphatic rings. The minimum atomic E-state index is -3.90. The van der Waals surface area contributed by atoms with Crippen LogP contribution >= 0.6 is 0 Å². The molecule has 0 saturated heterocycles. The molecule has 3 aromatic rings. The fraction of sp³-hybridized carbons (Fsp3) is 0.208. The summed E-state index contributed by atoms with van der Waals surface area (Å²) < 4.78 is 34.0. The van der Waals surface area contributed by atoms with E-state index in [1.807, 2.05) is 50.2 Å². The van der Waals surface area contributed by atoms with Gasteiger partial charge < -0.3 is 10.1 Å². The van der Waals surface area contributed by atoms with Crippen LogP contribution in [0.3, 0.4) is 0 Å². The molecule has 0 saturated carbocycles. The molecule has 0 aliphatic carbocycles. The second kappa shape index (κ2) is 10.2. The van der Waals surface area contributed by atoms with Crippen molar-refractivity contribution in [1.29, 1.82) is 0 Å². The number of carbonyl (C=O) groups is 1. The Morgan fingerprint density at radius 3 is 2.26 bits per heavy atom. The summed E-state index contributed by atoms with van der Waals surface area (Å²) in [6.45, 7) is 4.18. The van der Waals surface area contributed by atoms with Gasteiger partial charge in [-0.05, 0) is 50.1 Å². The van der Waals surface area contributed by atoms with Gasteiger partial charge in [0.25, 0.3) is 0 Å². The third-order valence-electron chi connectivity index (χ3n) is 4.67. The van der Waals surface area contributed by atoms with Crippen LogP contribution in [0.4, 0.5) is 5.69 Å². The molecule has 3 aromatic carbocycles. The van der Waals surface area contributed by atoms with Crippen LogP contribution in [-0.4, -0.2) is 27.0 Å². The molecule has 162 valence electrons. The summed E-state index contributed by atoms with van der Waals surface area (Å²) in [4.78, 5) is 13.3. The second-order valence-electron chi connectivity index (χ2n) is 7.10. The minimum Gasteiger partial charge on any atom is -0.492 e. The van der Waals surface area contributed by atoms with E-state index in [4.69, 9.17) is 4.74 Å². The van der Waals surface area contributed by atoms with Crippen molar-refractivity contribution in [3.63, 3.8) is 0 Å². The van der Waals surface area contributed by atoms with Gasteiger partial charge in [-0.3, -0.25) is 4.79 Å². The first-order valence-electron chi connectivity index (χ1n) is 10.0. The Labute approximate surface area is 183 Å². The lowest BCUT2D eigenvalue weighted by Crippen LogP contribution is -2.45. The normalized spacial score (nSPS) is 12.2. The average molecular weight is 439 g/mol. The van der Waals surface area contributed by atoms with Crippen molar-refractivity contribution in [2.45, 2.75) is 31.2 Å². The maximum atomic E-state index is 13.1. The first-order chi connectivity index (χ1) is 14.9. The van der Waals surface area contributed by atoms with E-state index in [2.05, 4.69) is 10.0 Å². The molecule has 6 nitrogen and oxygen atoms in total.